The molecule has 44 heavy (non-hydrogen) atoms. The number of carbonyl (C=O) groups is 2. The highest BCUT2D eigenvalue weighted by Gasteiger charge is 2.38. The second-order valence-corrected chi connectivity index (χ2v) is 8.72. The molecule has 226 valence electrons. The summed E-state index contributed by atoms with van der Waals surface area (Å²) in [7, 11) is 0. The van der Waals surface area contributed by atoms with Gasteiger partial charge in [-0.2, -0.15) is 23.7 Å². The molecule has 2 amide bonds. The number of carboxylic acid groups (broad SMARTS) is 1. The Bertz CT molecular complexity index is 1860. The van der Waals surface area contributed by atoms with Gasteiger partial charge in [0.05, 0.1) is 28.2 Å². The number of rotatable bonds is 6. The fraction of sp³-hybridized carbons (Fsp3) is 0.185. The molecule has 0 aliphatic heterocycles. The lowest BCUT2D eigenvalue weighted by Gasteiger charge is -2.21. The molecule has 2 aromatic heterocycles. The summed E-state index contributed by atoms with van der Waals surface area (Å²) in [5.74, 6) is -2.28. The van der Waals surface area contributed by atoms with Crippen molar-refractivity contribution in [2.75, 3.05) is 22.9 Å². The fourth-order valence-corrected chi connectivity index (χ4v) is 3.83. The Morgan fingerprint density at radius 2 is 1.82 bits per heavy atom. The van der Waals surface area contributed by atoms with Gasteiger partial charge < -0.3 is 26.8 Å². The maximum absolute atomic E-state index is 13.8. The van der Waals surface area contributed by atoms with Crippen molar-refractivity contribution in [2.24, 2.45) is 0 Å². The van der Waals surface area contributed by atoms with Gasteiger partial charge in [-0.1, -0.05) is 12.1 Å². The number of nitrogen functional groups attached to an aromatic ring is 1. The van der Waals surface area contributed by atoms with Gasteiger partial charge in [-0.05, 0) is 44.2 Å². The van der Waals surface area contributed by atoms with Crippen LogP contribution in [-0.2, 0) is 4.79 Å². The Kier molecular flexibility index (Phi) is 10.00. The monoisotopic (exact) mass is 608 g/mol. The topological polar surface area (TPSA) is 225 Å². The number of anilines is 3. The first-order valence-corrected chi connectivity index (χ1v) is 12.5. The summed E-state index contributed by atoms with van der Waals surface area (Å²) in [5.41, 5.74) is 6.79. The fourth-order valence-electron chi connectivity index (χ4n) is 3.83. The Balaban J connectivity index is 0.000000676. The van der Waals surface area contributed by atoms with Crippen molar-refractivity contribution in [3.63, 3.8) is 0 Å². The van der Waals surface area contributed by atoms with Gasteiger partial charge in [-0.3, -0.25) is 9.36 Å². The van der Waals surface area contributed by atoms with Crippen molar-refractivity contribution in [3.8, 4) is 17.8 Å². The maximum Gasteiger partial charge on any atom is 0.490 e. The molecule has 1 unspecified atom stereocenters. The van der Waals surface area contributed by atoms with Crippen molar-refractivity contribution in [2.45, 2.75) is 26.1 Å². The molecule has 0 bridgehead atoms. The summed E-state index contributed by atoms with van der Waals surface area (Å²) in [4.78, 5) is 47.5. The second kappa shape index (κ2) is 13.6. The number of nitriles is 2. The van der Waals surface area contributed by atoms with Gasteiger partial charge in [0, 0.05) is 12.2 Å². The molecule has 2 heterocycles. The quantitative estimate of drug-likeness (QED) is 0.213. The molecular formula is C27H23F3N10O4. The van der Waals surface area contributed by atoms with E-state index >= 15 is 0 Å². The van der Waals surface area contributed by atoms with Crippen LogP contribution in [0.4, 0.5) is 35.3 Å². The SMILES string of the molecule is CCNC(=O)Nc1cccc(-n2c(C(C)Nc3ncnc(N)c3C#N)nc3cccc(C#N)c3c2=O)c1.O=C(O)C(F)(F)F. The molecule has 6 N–H and O–H groups in total. The van der Waals surface area contributed by atoms with Gasteiger partial charge in [-0.25, -0.2) is 24.5 Å². The van der Waals surface area contributed by atoms with E-state index in [9.17, 15) is 33.3 Å². The number of nitrogens with zero attached hydrogens (tertiary/aromatic N) is 6. The van der Waals surface area contributed by atoms with Crippen molar-refractivity contribution in [3.05, 3.63) is 76.1 Å². The number of carbonyl (C=O) groups excluding carboxylic acids is 1. The molecular weight excluding hydrogens is 585 g/mol. The van der Waals surface area contributed by atoms with Crippen molar-refractivity contribution in [1.82, 2.24) is 24.8 Å². The molecule has 0 saturated heterocycles. The van der Waals surface area contributed by atoms with Gasteiger partial charge >= 0.3 is 18.2 Å². The lowest BCUT2D eigenvalue weighted by molar-refractivity contribution is -0.192. The van der Waals surface area contributed by atoms with E-state index in [-0.39, 0.29) is 34.0 Å². The van der Waals surface area contributed by atoms with Crippen LogP contribution in [0.2, 0.25) is 0 Å². The third-order valence-electron chi connectivity index (χ3n) is 5.71. The minimum Gasteiger partial charge on any atom is -0.475 e. The molecule has 0 aliphatic carbocycles. The van der Waals surface area contributed by atoms with Crippen LogP contribution in [-0.4, -0.2) is 49.3 Å². The first kappa shape index (κ1) is 32.3. The highest BCUT2D eigenvalue weighted by atomic mass is 19.4. The number of hydrogen-bond donors (Lipinski definition) is 5. The van der Waals surface area contributed by atoms with E-state index in [2.05, 4.69) is 25.9 Å². The normalized spacial score (nSPS) is 11.2. The summed E-state index contributed by atoms with van der Waals surface area (Å²) >= 11 is 0. The van der Waals surface area contributed by atoms with Crippen LogP contribution in [0.3, 0.4) is 0 Å². The zero-order chi connectivity index (χ0) is 32.6. The van der Waals surface area contributed by atoms with Gasteiger partial charge in [0.15, 0.2) is 0 Å². The minimum absolute atomic E-state index is 0.0128. The largest absolute Gasteiger partial charge is 0.490 e. The molecule has 4 aromatic rings. The van der Waals surface area contributed by atoms with Crippen LogP contribution in [0.5, 0.6) is 0 Å². The van der Waals surface area contributed by atoms with Crippen LogP contribution in [0.1, 0.15) is 36.8 Å². The average molecular weight is 609 g/mol. The summed E-state index contributed by atoms with van der Waals surface area (Å²) in [5, 5.41) is 34.9. The Labute approximate surface area is 246 Å². The van der Waals surface area contributed by atoms with Crippen molar-refractivity contribution in [1.29, 1.82) is 10.5 Å². The number of benzene rings is 2. The smallest absolute Gasteiger partial charge is 0.475 e. The molecule has 0 saturated carbocycles. The van der Waals surface area contributed by atoms with Crippen LogP contribution in [0.15, 0.2) is 53.6 Å². The van der Waals surface area contributed by atoms with E-state index in [0.29, 0.717) is 23.4 Å². The molecule has 14 nitrogen and oxygen atoms in total. The number of fused-ring (bicyclic) bond motifs is 1. The summed E-state index contributed by atoms with van der Waals surface area (Å²) in [6.45, 7) is 3.99. The van der Waals surface area contributed by atoms with E-state index in [1.54, 1.807) is 56.3 Å². The first-order valence-electron chi connectivity index (χ1n) is 12.5. The van der Waals surface area contributed by atoms with E-state index in [1.807, 2.05) is 12.1 Å². The number of carboxylic acids is 1. The molecule has 0 radical (unpaired) electrons. The lowest BCUT2D eigenvalue weighted by Crippen LogP contribution is -2.29. The van der Waals surface area contributed by atoms with Crippen molar-refractivity contribution < 1.29 is 27.9 Å². The Morgan fingerprint density at radius 1 is 1.14 bits per heavy atom. The number of urea groups is 1. The van der Waals surface area contributed by atoms with E-state index in [4.69, 9.17) is 20.6 Å². The number of nitrogens with two attached hydrogens (primary N) is 1. The maximum atomic E-state index is 13.8. The number of halogens is 3. The Hall–Kier alpha value is -6.23. The van der Waals surface area contributed by atoms with Crippen LogP contribution < -0.4 is 27.2 Å². The van der Waals surface area contributed by atoms with Crippen LogP contribution >= 0.6 is 0 Å². The molecule has 0 spiro atoms. The highest BCUT2D eigenvalue weighted by Crippen LogP contribution is 2.25. The van der Waals surface area contributed by atoms with E-state index < -0.39 is 29.8 Å². The molecule has 0 fully saturated rings. The van der Waals surface area contributed by atoms with Crippen LogP contribution in [0.25, 0.3) is 16.6 Å². The van der Waals surface area contributed by atoms with Gasteiger partial charge in [0.2, 0.25) is 0 Å². The van der Waals surface area contributed by atoms with E-state index in [1.165, 1.54) is 10.9 Å². The summed E-state index contributed by atoms with van der Waals surface area (Å²) in [6, 6.07) is 14.5. The third-order valence-corrected chi connectivity index (χ3v) is 5.71. The Morgan fingerprint density at radius 3 is 2.43 bits per heavy atom. The van der Waals surface area contributed by atoms with Gasteiger partial charge in [0.25, 0.3) is 5.56 Å². The molecule has 17 heteroatoms. The number of amides is 2. The molecule has 2 aromatic carbocycles. The lowest BCUT2D eigenvalue weighted by atomic mass is 10.1. The number of aliphatic carboxylic acids is 1. The van der Waals surface area contributed by atoms with E-state index in [0.717, 1.165) is 0 Å². The zero-order valence-electron chi connectivity index (χ0n) is 23.0. The number of nitrogens with one attached hydrogen (secondary N) is 3. The number of hydrogen-bond acceptors (Lipinski definition) is 10. The van der Waals surface area contributed by atoms with Gasteiger partial charge in [-0.15, -0.1) is 0 Å². The number of aromatic nitrogens is 4. The number of alkyl halides is 3. The third kappa shape index (κ3) is 7.34. The van der Waals surface area contributed by atoms with Crippen LogP contribution in [0, 0.1) is 22.7 Å². The summed E-state index contributed by atoms with van der Waals surface area (Å²) < 4.78 is 33.1. The minimum atomic E-state index is -5.08. The predicted molar refractivity (Wildman–Crippen MR) is 152 cm³/mol. The highest BCUT2D eigenvalue weighted by molar-refractivity contribution is 5.89. The second-order valence-electron chi connectivity index (χ2n) is 8.72. The average Bonchev–Trinajstić information content (AvgIpc) is 2.97. The molecule has 0 aliphatic rings. The van der Waals surface area contributed by atoms with Crippen molar-refractivity contribution >= 4 is 40.2 Å². The summed E-state index contributed by atoms with van der Waals surface area (Å²) in [6.07, 6.45) is -3.86. The zero-order valence-corrected chi connectivity index (χ0v) is 23.0. The molecule has 4 rings (SSSR count). The standard InChI is InChI=1S/C25H22N10O2.C2HF3O2/c1-3-29-25(37)33-16-7-5-8-17(10-16)35-23(14(2)32-22-18(12-27)21(28)30-13-31-22)34-19-9-4-6-15(11-26)20(19)24(35)36;3-2(4,5)1(6)7/h4-10,13-14H,3H2,1-2H3,(H2,29,33,37)(H3,28,30,31,32);(H,6,7). The first-order chi connectivity index (χ1) is 20.8. The predicted octanol–water partition coefficient (Wildman–Crippen LogP) is 3.45. The molecule has 1 atom stereocenters. The van der Waals surface area contributed by atoms with Gasteiger partial charge in [0.1, 0.15) is 41.5 Å².